The standard InChI is InChI=1S/C15H17N3O5S/c1-18(2)24(22,23)11-6-3-10(4-7-11)5-8-13-16-12(15(20)21)9-14(19)17-13/h3-4,6-7,9H,5,8H2,1-2H3,(H,20,21)(H,16,17,19). The number of aromatic carboxylic acids is 1. The van der Waals surface area contributed by atoms with E-state index in [4.69, 9.17) is 5.11 Å². The zero-order valence-electron chi connectivity index (χ0n) is 13.2. The molecule has 0 aliphatic carbocycles. The first kappa shape index (κ1) is 17.8. The van der Waals surface area contributed by atoms with Crippen LogP contribution in [0.3, 0.4) is 0 Å². The summed E-state index contributed by atoms with van der Waals surface area (Å²) in [5.41, 5.74) is 0.0158. The monoisotopic (exact) mass is 351 g/mol. The van der Waals surface area contributed by atoms with Gasteiger partial charge >= 0.3 is 5.97 Å². The highest BCUT2D eigenvalue weighted by molar-refractivity contribution is 7.89. The molecular weight excluding hydrogens is 334 g/mol. The van der Waals surface area contributed by atoms with Crippen molar-refractivity contribution in [1.82, 2.24) is 14.3 Å². The molecule has 2 rings (SSSR count). The Hall–Kier alpha value is -2.52. The Morgan fingerprint density at radius 1 is 1.21 bits per heavy atom. The van der Waals surface area contributed by atoms with Gasteiger partial charge in [0.25, 0.3) is 5.56 Å². The molecule has 0 aliphatic rings. The van der Waals surface area contributed by atoms with Gasteiger partial charge in [-0.15, -0.1) is 0 Å². The molecule has 24 heavy (non-hydrogen) atoms. The minimum atomic E-state index is -3.47. The molecule has 0 bridgehead atoms. The highest BCUT2D eigenvalue weighted by Gasteiger charge is 2.16. The minimum Gasteiger partial charge on any atom is -0.477 e. The van der Waals surface area contributed by atoms with Crippen molar-refractivity contribution in [3.63, 3.8) is 0 Å². The molecule has 0 atom stereocenters. The molecule has 0 radical (unpaired) electrons. The van der Waals surface area contributed by atoms with E-state index in [1.165, 1.54) is 26.2 Å². The maximum absolute atomic E-state index is 12.0. The van der Waals surface area contributed by atoms with Crippen LogP contribution in [0.4, 0.5) is 0 Å². The quantitative estimate of drug-likeness (QED) is 0.782. The summed E-state index contributed by atoms with van der Waals surface area (Å²) in [6, 6.07) is 7.29. The fourth-order valence-corrected chi connectivity index (χ4v) is 2.94. The van der Waals surface area contributed by atoms with E-state index in [1.807, 2.05) is 0 Å². The highest BCUT2D eigenvalue weighted by Crippen LogP contribution is 2.14. The lowest BCUT2D eigenvalue weighted by atomic mass is 10.1. The fourth-order valence-electron chi connectivity index (χ4n) is 2.04. The van der Waals surface area contributed by atoms with Crippen LogP contribution in [-0.2, 0) is 22.9 Å². The first-order chi connectivity index (χ1) is 11.2. The van der Waals surface area contributed by atoms with E-state index in [-0.39, 0.29) is 16.4 Å². The Balaban J connectivity index is 2.13. The van der Waals surface area contributed by atoms with Crippen LogP contribution in [0.25, 0.3) is 0 Å². The number of benzene rings is 1. The summed E-state index contributed by atoms with van der Waals surface area (Å²) in [6.07, 6.45) is 0.810. The van der Waals surface area contributed by atoms with E-state index in [9.17, 15) is 18.0 Å². The molecule has 0 saturated carbocycles. The predicted molar refractivity (Wildman–Crippen MR) is 86.5 cm³/mol. The molecule has 2 N–H and O–H groups in total. The number of carboxylic acids is 1. The van der Waals surface area contributed by atoms with Crippen LogP contribution in [-0.4, -0.2) is 47.9 Å². The summed E-state index contributed by atoms with van der Waals surface area (Å²) in [4.78, 5) is 28.9. The molecule has 0 unspecified atom stereocenters. The summed E-state index contributed by atoms with van der Waals surface area (Å²) < 4.78 is 25.1. The number of nitrogens with one attached hydrogen (secondary N) is 1. The number of sulfonamides is 1. The van der Waals surface area contributed by atoms with Crippen molar-refractivity contribution in [2.45, 2.75) is 17.7 Å². The van der Waals surface area contributed by atoms with Crippen LogP contribution in [0.5, 0.6) is 0 Å². The third-order valence-electron chi connectivity index (χ3n) is 3.36. The van der Waals surface area contributed by atoms with E-state index in [0.29, 0.717) is 12.8 Å². The number of carbonyl (C=O) groups is 1. The smallest absolute Gasteiger partial charge is 0.354 e. The maximum atomic E-state index is 12.0. The molecule has 128 valence electrons. The zero-order valence-corrected chi connectivity index (χ0v) is 14.0. The van der Waals surface area contributed by atoms with Crippen molar-refractivity contribution < 1.29 is 18.3 Å². The molecule has 1 aromatic heterocycles. The lowest BCUT2D eigenvalue weighted by molar-refractivity contribution is 0.0689. The summed E-state index contributed by atoms with van der Waals surface area (Å²) >= 11 is 0. The van der Waals surface area contributed by atoms with Crippen LogP contribution in [0.2, 0.25) is 0 Å². The van der Waals surface area contributed by atoms with Gasteiger partial charge in [0.2, 0.25) is 10.0 Å². The van der Waals surface area contributed by atoms with Crippen molar-refractivity contribution in [3.05, 3.63) is 57.8 Å². The molecule has 1 heterocycles. The summed E-state index contributed by atoms with van der Waals surface area (Å²) in [5.74, 6) is -0.995. The maximum Gasteiger partial charge on any atom is 0.354 e. The van der Waals surface area contributed by atoms with Crippen molar-refractivity contribution in [2.24, 2.45) is 0 Å². The van der Waals surface area contributed by atoms with Gasteiger partial charge in [0.15, 0.2) is 5.69 Å². The Morgan fingerprint density at radius 3 is 2.38 bits per heavy atom. The number of aromatic nitrogens is 2. The van der Waals surface area contributed by atoms with Gasteiger partial charge in [-0.3, -0.25) is 4.79 Å². The Bertz CT molecular complexity index is 901. The van der Waals surface area contributed by atoms with E-state index in [1.54, 1.807) is 12.1 Å². The van der Waals surface area contributed by atoms with Crippen LogP contribution in [0.1, 0.15) is 21.9 Å². The second-order valence-electron chi connectivity index (χ2n) is 5.31. The van der Waals surface area contributed by atoms with Crippen LogP contribution in [0, 0.1) is 0 Å². The van der Waals surface area contributed by atoms with Crippen LogP contribution >= 0.6 is 0 Å². The largest absolute Gasteiger partial charge is 0.477 e. The molecule has 0 saturated heterocycles. The Morgan fingerprint density at radius 2 is 1.83 bits per heavy atom. The normalized spacial score (nSPS) is 11.6. The van der Waals surface area contributed by atoms with Gasteiger partial charge in [-0.2, -0.15) is 0 Å². The van der Waals surface area contributed by atoms with Crippen molar-refractivity contribution >= 4 is 16.0 Å². The average Bonchev–Trinajstić information content (AvgIpc) is 2.52. The zero-order chi connectivity index (χ0) is 17.9. The second kappa shape index (κ2) is 6.93. The van der Waals surface area contributed by atoms with Gasteiger partial charge in [0.1, 0.15) is 5.82 Å². The molecule has 2 aromatic rings. The summed E-state index contributed by atoms with van der Waals surface area (Å²) in [6.45, 7) is 0. The van der Waals surface area contributed by atoms with Gasteiger partial charge in [0, 0.05) is 26.6 Å². The Kier molecular flexibility index (Phi) is 5.15. The second-order valence-corrected chi connectivity index (χ2v) is 7.47. The molecule has 0 spiro atoms. The number of rotatable bonds is 6. The van der Waals surface area contributed by atoms with E-state index in [0.717, 1.165) is 15.9 Å². The fraction of sp³-hybridized carbons (Fsp3) is 0.267. The number of carboxylic acid groups (broad SMARTS) is 1. The minimum absolute atomic E-state index is 0.190. The highest BCUT2D eigenvalue weighted by atomic mass is 32.2. The molecular formula is C15H17N3O5S. The van der Waals surface area contributed by atoms with Crippen molar-refractivity contribution in [2.75, 3.05) is 14.1 Å². The molecule has 0 fully saturated rings. The number of H-pyrrole nitrogens is 1. The van der Waals surface area contributed by atoms with Gasteiger partial charge in [-0.25, -0.2) is 22.5 Å². The molecule has 0 aliphatic heterocycles. The first-order valence-electron chi connectivity index (χ1n) is 7.05. The average molecular weight is 351 g/mol. The van der Waals surface area contributed by atoms with Crippen LogP contribution in [0.15, 0.2) is 40.0 Å². The van der Waals surface area contributed by atoms with Gasteiger partial charge < -0.3 is 10.1 Å². The van der Waals surface area contributed by atoms with Gasteiger partial charge in [-0.05, 0) is 24.1 Å². The number of hydrogen-bond donors (Lipinski definition) is 2. The molecule has 8 nitrogen and oxygen atoms in total. The number of aromatic amines is 1. The van der Waals surface area contributed by atoms with E-state index in [2.05, 4.69) is 9.97 Å². The summed E-state index contributed by atoms with van der Waals surface area (Å²) in [5, 5.41) is 8.89. The third-order valence-corrected chi connectivity index (χ3v) is 5.19. The topological polar surface area (TPSA) is 120 Å². The van der Waals surface area contributed by atoms with E-state index < -0.39 is 21.6 Å². The molecule has 9 heteroatoms. The number of aryl methyl sites for hydroxylation is 2. The lowest BCUT2D eigenvalue weighted by Crippen LogP contribution is -2.22. The lowest BCUT2D eigenvalue weighted by Gasteiger charge is -2.11. The van der Waals surface area contributed by atoms with Crippen molar-refractivity contribution in [1.29, 1.82) is 0 Å². The van der Waals surface area contributed by atoms with Crippen molar-refractivity contribution in [3.8, 4) is 0 Å². The molecule has 1 aromatic carbocycles. The van der Waals surface area contributed by atoms with Crippen LogP contribution < -0.4 is 5.56 Å². The first-order valence-corrected chi connectivity index (χ1v) is 8.49. The summed E-state index contributed by atoms with van der Waals surface area (Å²) in [7, 11) is -0.555. The van der Waals surface area contributed by atoms with E-state index >= 15 is 0 Å². The third kappa shape index (κ3) is 4.06. The molecule has 0 amide bonds. The SMILES string of the molecule is CN(C)S(=O)(=O)c1ccc(CCc2nc(C(=O)O)cc(=O)[nH]2)cc1. The van der Waals surface area contributed by atoms with Gasteiger partial charge in [0.05, 0.1) is 4.90 Å². The van der Waals surface area contributed by atoms with Gasteiger partial charge in [-0.1, -0.05) is 12.1 Å². The number of nitrogens with zero attached hydrogens (tertiary/aromatic N) is 2. The predicted octanol–water partition coefficient (Wildman–Crippen LogP) is 0.504. The number of hydrogen-bond acceptors (Lipinski definition) is 5. The Labute approximate surface area is 138 Å².